The van der Waals surface area contributed by atoms with E-state index < -0.39 is 0 Å². The van der Waals surface area contributed by atoms with E-state index in [1.54, 1.807) is 0 Å². The van der Waals surface area contributed by atoms with Crippen LogP contribution in [0.25, 0.3) is 0 Å². The van der Waals surface area contributed by atoms with Crippen LogP contribution in [0.5, 0.6) is 5.75 Å². The van der Waals surface area contributed by atoms with E-state index in [1.807, 2.05) is 32.2 Å². The number of nitrogens with two attached hydrogens (primary N) is 1. The maximum atomic E-state index is 5.85. The Bertz CT molecular complexity index is 377. The minimum absolute atomic E-state index is 0.170. The average molecular weight is 249 g/mol. The molecule has 18 heavy (non-hydrogen) atoms. The Labute approximate surface area is 109 Å². The number of hydrogen-bond acceptors (Lipinski definition) is 4. The predicted octanol–water partition coefficient (Wildman–Crippen LogP) is 2.19. The van der Waals surface area contributed by atoms with Crippen LogP contribution in [0.3, 0.4) is 0 Å². The summed E-state index contributed by atoms with van der Waals surface area (Å²) >= 11 is 0. The molecule has 1 aromatic heterocycles. The summed E-state index contributed by atoms with van der Waals surface area (Å²) in [5, 5.41) is 0. The van der Waals surface area contributed by atoms with Crippen molar-refractivity contribution in [1.82, 2.24) is 4.98 Å². The molecule has 1 aliphatic rings. The molecule has 1 saturated carbocycles. The van der Waals surface area contributed by atoms with Crippen molar-refractivity contribution < 1.29 is 4.74 Å². The fourth-order valence-electron chi connectivity index (χ4n) is 2.05. The fourth-order valence-corrected chi connectivity index (χ4v) is 2.05. The topological polar surface area (TPSA) is 51.4 Å². The molecule has 0 bridgehead atoms. The van der Waals surface area contributed by atoms with Crippen LogP contribution in [-0.2, 0) is 0 Å². The summed E-state index contributed by atoms with van der Waals surface area (Å²) in [6.45, 7) is 5.76. The summed E-state index contributed by atoms with van der Waals surface area (Å²) in [5.74, 6) is 1.86. The van der Waals surface area contributed by atoms with Crippen LogP contribution in [0.15, 0.2) is 18.3 Å². The number of rotatable bonds is 7. The van der Waals surface area contributed by atoms with E-state index in [0.717, 1.165) is 31.1 Å². The third-order valence-corrected chi connectivity index (χ3v) is 2.98. The smallest absolute Gasteiger partial charge is 0.171 e. The van der Waals surface area contributed by atoms with Crippen LogP contribution in [0.4, 0.5) is 5.82 Å². The van der Waals surface area contributed by atoms with E-state index in [4.69, 9.17) is 10.5 Å². The third-order valence-electron chi connectivity index (χ3n) is 2.98. The Hall–Kier alpha value is -1.29. The molecule has 0 aliphatic heterocycles. The number of anilines is 1. The van der Waals surface area contributed by atoms with E-state index in [-0.39, 0.29) is 6.10 Å². The van der Waals surface area contributed by atoms with Crippen LogP contribution < -0.4 is 15.4 Å². The summed E-state index contributed by atoms with van der Waals surface area (Å²) in [7, 11) is 0. The van der Waals surface area contributed by atoms with Gasteiger partial charge in [0.15, 0.2) is 11.6 Å². The number of aromatic nitrogens is 1. The molecular formula is C14H23N3O. The molecule has 4 nitrogen and oxygen atoms in total. The van der Waals surface area contributed by atoms with Crippen LogP contribution in [-0.4, -0.2) is 30.2 Å². The molecule has 0 atom stereocenters. The zero-order valence-electron chi connectivity index (χ0n) is 11.3. The Morgan fingerprint density at radius 2 is 2.28 bits per heavy atom. The molecule has 1 fully saturated rings. The van der Waals surface area contributed by atoms with Gasteiger partial charge in [-0.15, -0.1) is 0 Å². The molecule has 0 saturated heterocycles. The SMILES string of the molecule is CC(C)Oc1cccnc1N(CCCN)C1CC1. The van der Waals surface area contributed by atoms with Crippen LogP contribution in [0.2, 0.25) is 0 Å². The second-order valence-corrected chi connectivity index (χ2v) is 5.06. The van der Waals surface area contributed by atoms with E-state index >= 15 is 0 Å². The van der Waals surface area contributed by atoms with Crippen molar-refractivity contribution in [1.29, 1.82) is 0 Å². The van der Waals surface area contributed by atoms with Crippen molar-refractivity contribution in [3.05, 3.63) is 18.3 Å². The lowest BCUT2D eigenvalue weighted by Crippen LogP contribution is -2.30. The van der Waals surface area contributed by atoms with Gasteiger partial charge in [-0.25, -0.2) is 4.98 Å². The molecule has 0 amide bonds. The molecular weight excluding hydrogens is 226 g/mol. The zero-order valence-corrected chi connectivity index (χ0v) is 11.3. The molecule has 2 rings (SSSR count). The summed E-state index contributed by atoms with van der Waals surface area (Å²) < 4.78 is 5.85. The molecule has 4 heteroatoms. The Kier molecular flexibility index (Phi) is 4.42. The van der Waals surface area contributed by atoms with Gasteiger partial charge in [0, 0.05) is 18.8 Å². The average Bonchev–Trinajstić information content (AvgIpc) is 3.15. The lowest BCUT2D eigenvalue weighted by atomic mass is 10.3. The van der Waals surface area contributed by atoms with Gasteiger partial charge in [-0.3, -0.25) is 0 Å². The maximum Gasteiger partial charge on any atom is 0.171 e. The molecule has 0 spiro atoms. The van der Waals surface area contributed by atoms with Crippen molar-refractivity contribution in [3.63, 3.8) is 0 Å². The zero-order chi connectivity index (χ0) is 13.0. The molecule has 0 aromatic carbocycles. The highest BCUT2D eigenvalue weighted by molar-refractivity contribution is 5.53. The normalized spacial score (nSPS) is 14.9. The van der Waals surface area contributed by atoms with Gasteiger partial charge in [-0.05, 0) is 51.8 Å². The van der Waals surface area contributed by atoms with Crippen molar-refractivity contribution >= 4 is 5.82 Å². The molecule has 1 aliphatic carbocycles. The first kappa shape index (κ1) is 13.1. The van der Waals surface area contributed by atoms with Gasteiger partial charge in [0.05, 0.1) is 6.10 Å². The van der Waals surface area contributed by atoms with E-state index in [9.17, 15) is 0 Å². The van der Waals surface area contributed by atoms with Gasteiger partial charge in [0.1, 0.15) is 0 Å². The highest BCUT2D eigenvalue weighted by atomic mass is 16.5. The Balaban J connectivity index is 2.17. The molecule has 1 heterocycles. The fraction of sp³-hybridized carbons (Fsp3) is 0.643. The van der Waals surface area contributed by atoms with Crippen LogP contribution in [0.1, 0.15) is 33.1 Å². The quantitative estimate of drug-likeness (QED) is 0.804. The van der Waals surface area contributed by atoms with Gasteiger partial charge >= 0.3 is 0 Å². The van der Waals surface area contributed by atoms with E-state index in [1.165, 1.54) is 12.8 Å². The summed E-state index contributed by atoms with van der Waals surface area (Å²) in [6, 6.07) is 4.55. The Morgan fingerprint density at radius 3 is 2.89 bits per heavy atom. The predicted molar refractivity (Wildman–Crippen MR) is 74.0 cm³/mol. The standard InChI is InChI=1S/C14H23N3O/c1-11(2)18-13-5-3-9-16-14(13)17(10-4-8-15)12-6-7-12/h3,5,9,11-12H,4,6-8,10,15H2,1-2H3. The molecule has 2 N–H and O–H groups in total. The first-order chi connectivity index (χ1) is 8.72. The van der Waals surface area contributed by atoms with Crippen molar-refractivity contribution in [2.75, 3.05) is 18.0 Å². The van der Waals surface area contributed by atoms with Crippen molar-refractivity contribution in [2.24, 2.45) is 5.73 Å². The van der Waals surface area contributed by atoms with Crippen LogP contribution >= 0.6 is 0 Å². The van der Waals surface area contributed by atoms with Crippen molar-refractivity contribution in [2.45, 2.75) is 45.3 Å². The van der Waals surface area contributed by atoms with Crippen molar-refractivity contribution in [3.8, 4) is 5.75 Å². The minimum Gasteiger partial charge on any atom is -0.487 e. The van der Waals surface area contributed by atoms with E-state index in [2.05, 4.69) is 9.88 Å². The largest absolute Gasteiger partial charge is 0.487 e. The van der Waals surface area contributed by atoms with Gasteiger partial charge in [-0.1, -0.05) is 0 Å². The molecule has 0 radical (unpaired) electrons. The minimum atomic E-state index is 0.170. The highest BCUT2D eigenvalue weighted by Gasteiger charge is 2.31. The van der Waals surface area contributed by atoms with Gasteiger partial charge in [0.2, 0.25) is 0 Å². The lowest BCUT2D eigenvalue weighted by molar-refractivity contribution is 0.242. The summed E-state index contributed by atoms with van der Waals surface area (Å²) in [5.41, 5.74) is 5.62. The summed E-state index contributed by atoms with van der Waals surface area (Å²) in [4.78, 5) is 6.86. The first-order valence-corrected chi connectivity index (χ1v) is 6.80. The van der Waals surface area contributed by atoms with E-state index in [0.29, 0.717) is 6.04 Å². The number of ether oxygens (including phenoxy) is 1. The first-order valence-electron chi connectivity index (χ1n) is 6.80. The molecule has 1 aromatic rings. The number of nitrogens with zero attached hydrogens (tertiary/aromatic N) is 2. The molecule has 100 valence electrons. The monoisotopic (exact) mass is 249 g/mol. The number of pyridine rings is 1. The summed E-state index contributed by atoms with van der Waals surface area (Å²) in [6.07, 6.45) is 5.50. The van der Waals surface area contributed by atoms with Gasteiger partial charge in [0.25, 0.3) is 0 Å². The second-order valence-electron chi connectivity index (χ2n) is 5.06. The third kappa shape index (κ3) is 3.35. The number of hydrogen-bond donors (Lipinski definition) is 1. The lowest BCUT2D eigenvalue weighted by Gasteiger charge is -2.26. The molecule has 0 unspecified atom stereocenters. The Morgan fingerprint density at radius 1 is 1.50 bits per heavy atom. The van der Waals surface area contributed by atoms with Gasteiger partial charge in [-0.2, -0.15) is 0 Å². The highest BCUT2D eigenvalue weighted by Crippen LogP contribution is 2.35. The van der Waals surface area contributed by atoms with Gasteiger partial charge < -0.3 is 15.4 Å². The second kappa shape index (κ2) is 6.05. The van der Waals surface area contributed by atoms with Crippen LogP contribution in [0, 0.1) is 0 Å². The maximum absolute atomic E-state index is 5.85.